The van der Waals surface area contributed by atoms with Crippen molar-refractivity contribution in [2.45, 2.75) is 25.9 Å². The molecule has 2 rings (SSSR count). The highest BCUT2D eigenvalue weighted by molar-refractivity contribution is 5.84. The molecule has 0 spiro atoms. The van der Waals surface area contributed by atoms with Crippen molar-refractivity contribution in [3.05, 3.63) is 35.9 Å². The largest absolute Gasteiger partial charge is 0.378 e. The zero-order chi connectivity index (χ0) is 10.7. The fraction of sp³-hybridized carbons (Fsp3) is 0.462. The summed E-state index contributed by atoms with van der Waals surface area (Å²) >= 11 is 0. The van der Waals surface area contributed by atoms with Gasteiger partial charge in [-0.3, -0.25) is 4.79 Å². The van der Waals surface area contributed by atoms with E-state index in [0.717, 1.165) is 18.6 Å². The van der Waals surface area contributed by atoms with Gasteiger partial charge in [-0.15, -0.1) is 0 Å². The summed E-state index contributed by atoms with van der Waals surface area (Å²) in [6.45, 7) is 2.72. The third-order valence-corrected chi connectivity index (χ3v) is 3.01. The number of rotatable bonds is 3. The lowest BCUT2D eigenvalue weighted by Gasteiger charge is -2.12. The van der Waals surface area contributed by atoms with Crippen molar-refractivity contribution >= 4 is 5.78 Å². The molecule has 0 amide bonds. The van der Waals surface area contributed by atoms with Crippen LogP contribution in [0.3, 0.4) is 0 Å². The highest BCUT2D eigenvalue weighted by atomic mass is 16.5. The number of hydrogen-bond donors (Lipinski definition) is 0. The Balaban J connectivity index is 1.98. The van der Waals surface area contributed by atoms with E-state index in [1.165, 1.54) is 0 Å². The topological polar surface area (TPSA) is 26.3 Å². The minimum absolute atomic E-state index is 0.0983. The molecule has 1 aliphatic heterocycles. The first-order chi connectivity index (χ1) is 7.27. The van der Waals surface area contributed by atoms with Crippen LogP contribution in [0.2, 0.25) is 0 Å². The lowest BCUT2D eigenvalue weighted by atomic mass is 9.93. The third kappa shape index (κ3) is 2.45. The number of ether oxygens (including phenoxy) is 1. The molecule has 0 radical (unpaired) electrons. The number of carbonyl (C=O) groups is 1. The number of hydrogen-bond acceptors (Lipinski definition) is 2. The Morgan fingerprint density at radius 1 is 1.40 bits per heavy atom. The Hall–Kier alpha value is -1.15. The second-order valence-electron chi connectivity index (χ2n) is 4.10. The average molecular weight is 204 g/mol. The normalized spacial score (nSPS) is 25.4. The molecule has 1 aromatic rings. The maximum atomic E-state index is 11.9. The molecule has 1 aromatic carbocycles. The molecule has 80 valence electrons. The van der Waals surface area contributed by atoms with E-state index in [-0.39, 0.29) is 12.0 Å². The molecule has 2 heteroatoms. The molecule has 0 aliphatic carbocycles. The van der Waals surface area contributed by atoms with Crippen LogP contribution in [0.5, 0.6) is 0 Å². The van der Waals surface area contributed by atoms with Crippen LogP contribution in [0, 0.1) is 5.92 Å². The SMILES string of the molecule is CC1OCCC1C(=O)Cc1ccccc1. The lowest BCUT2D eigenvalue weighted by Crippen LogP contribution is -2.23. The van der Waals surface area contributed by atoms with Crippen LogP contribution >= 0.6 is 0 Å². The Kier molecular flexibility index (Phi) is 3.17. The van der Waals surface area contributed by atoms with Gasteiger partial charge in [-0.25, -0.2) is 0 Å². The zero-order valence-electron chi connectivity index (χ0n) is 8.98. The van der Waals surface area contributed by atoms with Crippen molar-refractivity contribution in [2.75, 3.05) is 6.61 Å². The van der Waals surface area contributed by atoms with Gasteiger partial charge in [-0.1, -0.05) is 30.3 Å². The zero-order valence-corrected chi connectivity index (χ0v) is 8.98. The van der Waals surface area contributed by atoms with Gasteiger partial charge >= 0.3 is 0 Å². The number of benzene rings is 1. The molecule has 2 nitrogen and oxygen atoms in total. The van der Waals surface area contributed by atoms with Crippen LogP contribution in [0.1, 0.15) is 18.9 Å². The van der Waals surface area contributed by atoms with Crippen molar-refractivity contribution in [1.29, 1.82) is 0 Å². The first-order valence-electron chi connectivity index (χ1n) is 5.45. The van der Waals surface area contributed by atoms with E-state index in [1.807, 2.05) is 37.3 Å². The maximum Gasteiger partial charge on any atom is 0.142 e. The smallest absolute Gasteiger partial charge is 0.142 e. The fourth-order valence-corrected chi connectivity index (χ4v) is 2.08. The molecular formula is C13H16O2. The van der Waals surface area contributed by atoms with Gasteiger partial charge < -0.3 is 4.74 Å². The number of carbonyl (C=O) groups excluding carboxylic acids is 1. The molecule has 15 heavy (non-hydrogen) atoms. The molecule has 0 bridgehead atoms. The summed E-state index contributed by atoms with van der Waals surface area (Å²) in [6, 6.07) is 9.90. The van der Waals surface area contributed by atoms with Crippen molar-refractivity contribution in [3.63, 3.8) is 0 Å². The van der Waals surface area contributed by atoms with Gasteiger partial charge in [-0.05, 0) is 18.9 Å². The summed E-state index contributed by atoms with van der Waals surface area (Å²) in [5.74, 6) is 0.413. The Bertz CT molecular complexity index is 332. The highest BCUT2D eigenvalue weighted by Crippen LogP contribution is 2.22. The van der Waals surface area contributed by atoms with Gasteiger partial charge in [0.1, 0.15) is 5.78 Å². The van der Waals surface area contributed by atoms with E-state index in [1.54, 1.807) is 0 Å². The van der Waals surface area contributed by atoms with E-state index in [0.29, 0.717) is 12.2 Å². The van der Waals surface area contributed by atoms with Gasteiger partial charge in [0.25, 0.3) is 0 Å². The van der Waals surface area contributed by atoms with Crippen LogP contribution in [-0.4, -0.2) is 18.5 Å². The molecule has 0 saturated carbocycles. The van der Waals surface area contributed by atoms with Crippen molar-refractivity contribution in [1.82, 2.24) is 0 Å². The maximum absolute atomic E-state index is 11.9. The fourth-order valence-electron chi connectivity index (χ4n) is 2.08. The van der Waals surface area contributed by atoms with Crippen LogP contribution in [0.15, 0.2) is 30.3 Å². The summed E-state index contributed by atoms with van der Waals surface area (Å²) < 4.78 is 5.40. The average Bonchev–Trinajstić information content (AvgIpc) is 2.66. The standard InChI is InChI=1S/C13H16O2/c1-10-12(7-8-15-10)13(14)9-11-5-3-2-4-6-11/h2-6,10,12H,7-9H2,1H3. The van der Waals surface area contributed by atoms with E-state index in [4.69, 9.17) is 4.74 Å². The molecule has 1 fully saturated rings. The van der Waals surface area contributed by atoms with Gasteiger partial charge in [0, 0.05) is 18.9 Å². The van der Waals surface area contributed by atoms with Crippen molar-refractivity contribution < 1.29 is 9.53 Å². The van der Waals surface area contributed by atoms with Gasteiger partial charge in [0.15, 0.2) is 0 Å². The minimum Gasteiger partial charge on any atom is -0.378 e. The van der Waals surface area contributed by atoms with E-state index >= 15 is 0 Å². The van der Waals surface area contributed by atoms with Crippen molar-refractivity contribution in [2.24, 2.45) is 5.92 Å². The van der Waals surface area contributed by atoms with Crippen LogP contribution < -0.4 is 0 Å². The van der Waals surface area contributed by atoms with E-state index in [2.05, 4.69) is 0 Å². The van der Waals surface area contributed by atoms with Gasteiger partial charge in [-0.2, -0.15) is 0 Å². The quantitative estimate of drug-likeness (QED) is 0.754. The molecular weight excluding hydrogens is 188 g/mol. The predicted octanol–water partition coefficient (Wildman–Crippen LogP) is 2.22. The van der Waals surface area contributed by atoms with Crippen LogP contribution in [-0.2, 0) is 16.0 Å². The van der Waals surface area contributed by atoms with Crippen molar-refractivity contribution in [3.8, 4) is 0 Å². The van der Waals surface area contributed by atoms with Crippen LogP contribution in [0.25, 0.3) is 0 Å². The summed E-state index contributed by atoms with van der Waals surface area (Å²) in [6.07, 6.45) is 1.52. The number of Topliss-reactive ketones (excluding diaryl/α,β-unsaturated/α-hetero) is 1. The molecule has 0 N–H and O–H groups in total. The molecule has 2 unspecified atom stereocenters. The van der Waals surface area contributed by atoms with E-state index in [9.17, 15) is 4.79 Å². The second kappa shape index (κ2) is 4.58. The summed E-state index contributed by atoms with van der Waals surface area (Å²) in [5, 5.41) is 0. The third-order valence-electron chi connectivity index (χ3n) is 3.01. The minimum atomic E-state index is 0.0983. The lowest BCUT2D eigenvalue weighted by molar-refractivity contribution is -0.123. The van der Waals surface area contributed by atoms with Crippen LogP contribution in [0.4, 0.5) is 0 Å². The second-order valence-corrected chi connectivity index (χ2v) is 4.10. The van der Waals surface area contributed by atoms with Gasteiger partial charge in [0.05, 0.1) is 6.10 Å². The first-order valence-corrected chi connectivity index (χ1v) is 5.45. The summed E-state index contributed by atoms with van der Waals surface area (Å²) in [7, 11) is 0. The van der Waals surface area contributed by atoms with E-state index < -0.39 is 0 Å². The Morgan fingerprint density at radius 2 is 2.13 bits per heavy atom. The molecule has 0 aromatic heterocycles. The highest BCUT2D eigenvalue weighted by Gasteiger charge is 2.30. The molecule has 1 saturated heterocycles. The number of ketones is 1. The molecule has 2 atom stereocenters. The molecule has 1 heterocycles. The monoisotopic (exact) mass is 204 g/mol. The summed E-state index contributed by atoms with van der Waals surface area (Å²) in [5.41, 5.74) is 1.10. The molecule has 1 aliphatic rings. The summed E-state index contributed by atoms with van der Waals surface area (Å²) in [4.78, 5) is 11.9. The van der Waals surface area contributed by atoms with Gasteiger partial charge in [0.2, 0.25) is 0 Å². The Morgan fingerprint density at radius 3 is 2.73 bits per heavy atom. The predicted molar refractivity (Wildman–Crippen MR) is 58.7 cm³/mol. The Labute approximate surface area is 90.3 Å². The first kappa shape index (κ1) is 10.4.